The fourth-order valence-electron chi connectivity index (χ4n) is 2.62. The molecule has 10 heteroatoms. The molecule has 0 amide bonds. The Balaban J connectivity index is 2.00. The van der Waals surface area contributed by atoms with Crippen molar-refractivity contribution < 1.29 is 0 Å². The highest BCUT2D eigenvalue weighted by atomic mass is 34.0. The monoisotopic (exact) mass is 544 g/mol. The first-order chi connectivity index (χ1) is 13.0. The summed E-state index contributed by atoms with van der Waals surface area (Å²) in [5, 5.41) is 0. The maximum atomic E-state index is 2.03. The molecule has 1 fully saturated rings. The molecule has 0 saturated carbocycles. The molecule has 0 nitrogen and oxygen atoms in total. The average Bonchev–Trinajstić information content (AvgIpc) is 2.65. The average molecular weight is 545 g/mol. The molecule has 0 radical (unpaired) electrons. The van der Waals surface area contributed by atoms with Crippen LogP contribution in [0.25, 0.3) is 0 Å². The minimum Gasteiger partial charge on any atom is -0.0817 e. The maximum absolute atomic E-state index is 2.03. The Bertz CT molecular complexity index is 147. The summed E-state index contributed by atoms with van der Waals surface area (Å²) in [6.45, 7) is 0. The van der Waals surface area contributed by atoms with Crippen molar-refractivity contribution in [3.63, 3.8) is 0 Å². The topological polar surface area (TPSA) is 0 Å². The van der Waals surface area contributed by atoms with Gasteiger partial charge in [-0.05, 0) is 91.4 Å². The smallest absolute Gasteiger partial charge is 0.00454 e. The molecule has 0 aromatic carbocycles. The largest absolute Gasteiger partial charge is 0.0817 e. The summed E-state index contributed by atoms with van der Waals surface area (Å²) in [6, 6.07) is 0. The van der Waals surface area contributed by atoms with Gasteiger partial charge in [-0.3, -0.25) is 0 Å². The summed E-state index contributed by atoms with van der Waals surface area (Å²) in [6.07, 6.45) is 20.3. The van der Waals surface area contributed by atoms with Crippen molar-refractivity contribution in [2.24, 2.45) is 0 Å². The number of hydrogen-bond acceptors (Lipinski definition) is 10. The molecule has 0 aromatic heterocycles. The maximum Gasteiger partial charge on any atom is 0.00454 e. The van der Waals surface area contributed by atoms with Crippen LogP contribution in [0, 0.1) is 0 Å². The zero-order chi connectivity index (χ0) is 18.4. The summed E-state index contributed by atoms with van der Waals surface area (Å²) in [5.41, 5.74) is 0. The lowest BCUT2D eigenvalue weighted by molar-refractivity contribution is 0.539. The van der Waals surface area contributed by atoms with Gasteiger partial charge in [0, 0.05) is 11.5 Å². The van der Waals surface area contributed by atoms with E-state index in [2.05, 4.69) is 0 Å². The van der Waals surface area contributed by atoms with Gasteiger partial charge in [-0.1, -0.05) is 98.6 Å². The second-order valence-corrected chi connectivity index (χ2v) is 23.0. The molecule has 1 saturated heterocycles. The molecule has 0 unspecified atom stereocenters. The van der Waals surface area contributed by atoms with Crippen LogP contribution in [0.15, 0.2) is 0 Å². The molecule has 0 spiro atoms. The Morgan fingerprint density at radius 3 is 0.769 bits per heavy atom. The van der Waals surface area contributed by atoms with Crippen LogP contribution in [0.3, 0.4) is 0 Å². The summed E-state index contributed by atoms with van der Waals surface area (Å²) < 4.78 is 0. The van der Waals surface area contributed by atoms with Gasteiger partial charge in [0.2, 0.25) is 0 Å². The van der Waals surface area contributed by atoms with Gasteiger partial charge in [0.1, 0.15) is 0 Å². The van der Waals surface area contributed by atoms with Gasteiger partial charge in [0.15, 0.2) is 0 Å². The first kappa shape index (κ1) is 27.5. The van der Waals surface area contributed by atoms with E-state index in [1.165, 1.54) is 101 Å². The molecular formula is C16H32S10. The Morgan fingerprint density at radius 2 is 0.462 bits per heavy atom. The predicted molar refractivity (Wildman–Crippen MR) is 150 cm³/mol. The van der Waals surface area contributed by atoms with E-state index in [1.54, 1.807) is 0 Å². The molecule has 0 aliphatic carbocycles. The Hall–Kier alpha value is 3.50. The first-order valence-electron chi connectivity index (χ1n) is 9.58. The second kappa shape index (κ2) is 24.8. The molecule has 1 aliphatic rings. The van der Waals surface area contributed by atoms with Crippen molar-refractivity contribution in [2.45, 2.75) is 89.9 Å². The van der Waals surface area contributed by atoms with E-state index in [-0.39, 0.29) is 0 Å². The number of hydrogen-bond donors (Lipinski definition) is 0. The number of rotatable bonds is 0. The zero-order valence-corrected chi connectivity index (χ0v) is 23.6. The van der Waals surface area contributed by atoms with Crippen LogP contribution in [-0.2, 0) is 0 Å². The third-order valence-corrected chi connectivity index (χ3v) is 24.0. The van der Waals surface area contributed by atoms with Crippen molar-refractivity contribution >= 4 is 100 Å². The molecule has 26 heavy (non-hydrogen) atoms. The van der Waals surface area contributed by atoms with E-state index in [1.807, 2.05) is 100 Å². The second-order valence-electron chi connectivity index (χ2n) is 6.14. The lowest BCUT2D eigenvalue weighted by Crippen LogP contribution is -1.84. The fraction of sp³-hybridized carbons (Fsp3) is 1.00. The van der Waals surface area contributed by atoms with E-state index in [0.717, 1.165) is 0 Å². The van der Waals surface area contributed by atoms with Crippen LogP contribution >= 0.6 is 100 Å². The lowest BCUT2D eigenvalue weighted by atomic mass is 10.0. The molecule has 1 heterocycles. The van der Waals surface area contributed by atoms with Crippen LogP contribution in [0.2, 0.25) is 0 Å². The normalized spacial score (nSPS) is 24.0. The molecule has 0 aromatic rings. The van der Waals surface area contributed by atoms with Gasteiger partial charge >= 0.3 is 0 Å². The van der Waals surface area contributed by atoms with Gasteiger partial charge in [-0.2, -0.15) is 0 Å². The van der Waals surface area contributed by atoms with E-state index in [9.17, 15) is 0 Å². The van der Waals surface area contributed by atoms with Gasteiger partial charge in [0.25, 0.3) is 0 Å². The molecule has 1 rings (SSSR count). The highest BCUT2D eigenvalue weighted by Gasteiger charge is 1.99. The first-order valence-corrected chi connectivity index (χ1v) is 22.7. The summed E-state index contributed by atoms with van der Waals surface area (Å²) in [4.78, 5) is 0. The minimum atomic E-state index is 1.31. The summed E-state index contributed by atoms with van der Waals surface area (Å²) in [5.74, 6) is 2.63. The van der Waals surface area contributed by atoms with Crippen LogP contribution < -0.4 is 0 Å². The van der Waals surface area contributed by atoms with Gasteiger partial charge in [-0.25, -0.2) is 0 Å². The fourth-order valence-corrected chi connectivity index (χ4v) is 25.3. The van der Waals surface area contributed by atoms with Gasteiger partial charge in [-0.15, -0.1) is 0 Å². The van der Waals surface area contributed by atoms with Crippen molar-refractivity contribution in [2.75, 3.05) is 11.5 Å². The quantitative estimate of drug-likeness (QED) is 0.269. The predicted octanol–water partition coefficient (Wildman–Crippen LogP) is 12.0. The molecule has 0 N–H and O–H groups in total. The Kier molecular flexibility index (Phi) is 26.2. The Morgan fingerprint density at radius 1 is 0.231 bits per heavy atom. The minimum absolute atomic E-state index is 1.31. The van der Waals surface area contributed by atoms with Crippen molar-refractivity contribution in [3.05, 3.63) is 0 Å². The summed E-state index contributed by atoms with van der Waals surface area (Å²) in [7, 11) is 19.4. The van der Waals surface area contributed by atoms with Crippen molar-refractivity contribution in [1.82, 2.24) is 0 Å². The van der Waals surface area contributed by atoms with E-state index >= 15 is 0 Å². The molecule has 0 bridgehead atoms. The third kappa shape index (κ3) is 22.2. The highest BCUT2D eigenvalue weighted by molar-refractivity contribution is 9.52. The van der Waals surface area contributed by atoms with E-state index < -0.39 is 0 Å². The third-order valence-electron chi connectivity index (χ3n) is 4.00. The van der Waals surface area contributed by atoms with Crippen LogP contribution in [-0.4, -0.2) is 11.5 Å². The Labute approximate surface area is 199 Å². The molecule has 1 aliphatic heterocycles. The lowest BCUT2D eigenvalue weighted by Gasteiger charge is -2.04. The van der Waals surface area contributed by atoms with Gasteiger partial charge < -0.3 is 0 Å². The zero-order valence-electron chi connectivity index (χ0n) is 15.4. The van der Waals surface area contributed by atoms with Crippen LogP contribution in [0.5, 0.6) is 0 Å². The van der Waals surface area contributed by atoms with E-state index in [0.29, 0.717) is 0 Å². The molecular weight excluding hydrogens is 513 g/mol. The van der Waals surface area contributed by atoms with Crippen LogP contribution in [0.1, 0.15) is 89.9 Å². The van der Waals surface area contributed by atoms with E-state index in [4.69, 9.17) is 0 Å². The van der Waals surface area contributed by atoms with Gasteiger partial charge in [0.05, 0.1) is 0 Å². The van der Waals surface area contributed by atoms with Crippen LogP contribution in [0.4, 0.5) is 0 Å². The standard InChI is InChI=1S/C16H32S10/c1-2-4-6-8-10-12-14-16-18-20-22-24-26-25-23-21-19-17-15-13-11-9-7-5-3-1/h1-16H2. The van der Waals surface area contributed by atoms with Crippen molar-refractivity contribution in [1.29, 1.82) is 0 Å². The highest BCUT2D eigenvalue weighted by Crippen LogP contribution is 2.59. The molecule has 0 atom stereocenters. The van der Waals surface area contributed by atoms with Crippen molar-refractivity contribution in [3.8, 4) is 0 Å². The summed E-state index contributed by atoms with van der Waals surface area (Å²) >= 11 is 0. The molecule has 156 valence electrons. The SMILES string of the molecule is C1CCCCCCCCSSSSSSSSSSCCCCCCC1.